The Labute approximate surface area is 206 Å². The van der Waals surface area contributed by atoms with Crippen molar-refractivity contribution in [3.63, 3.8) is 0 Å². The second kappa shape index (κ2) is 31.5. The van der Waals surface area contributed by atoms with Crippen molar-refractivity contribution in [1.29, 1.82) is 0 Å². The summed E-state index contributed by atoms with van der Waals surface area (Å²) in [7, 11) is 0. The number of carboxylic acid groups (broad SMARTS) is 6. The molecule has 0 bridgehead atoms. The molecule has 0 aromatic carbocycles. The number of carbonyl (C=O) groups is 6. The number of aliphatic hydroxyl groups is 1. The fourth-order valence-electron chi connectivity index (χ4n) is 0.684. The van der Waals surface area contributed by atoms with Crippen LogP contribution in [0.2, 0.25) is 0 Å². The summed E-state index contributed by atoms with van der Waals surface area (Å²) in [6.45, 7) is -0.750. The molecule has 0 radical (unpaired) electrons. The van der Waals surface area contributed by atoms with Gasteiger partial charge in [0.05, 0.1) is 5.97 Å². The summed E-state index contributed by atoms with van der Waals surface area (Å²) in [5, 5.41) is 59.6. The Hall–Kier alpha value is -0.220. The molecule has 16 heteroatoms. The average molecular weight is 396 g/mol. The van der Waals surface area contributed by atoms with Gasteiger partial charge in [0, 0.05) is 24.8 Å². The average Bonchev–Trinajstić information content (AvgIpc) is 2.29. The van der Waals surface area contributed by atoms with Gasteiger partial charge in [-0.05, 0) is 0 Å². The molecule has 0 saturated heterocycles. The van der Waals surface area contributed by atoms with E-state index >= 15 is 0 Å². The number of rotatable bonds is 5. The third kappa shape index (κ3) is 45.3. The topological polar surface area (TPSA) is 253 Å². The zero-order valence-corrected chi connectivity index (χ0v) is 19.6. The molecule has 0 aromatic rings. The van der Waals surface area contributed by atoms with Gasteiger partial charge in [0.25, 0.3) is 19.4 Å². The molecule has 25 heavy (non-hydrogen) atoms. The molecule has 0 atom stereocenters. The van der Waals surface area contributed by atoms with Crippen LogP contribution in [0.1, 0.15) is 12.8 Å². The van der Waals surface area contributed by atoms with Crippen molar-refractivity contribution in [3.05, 3.63) is 0 Å². The van der Waals surface area contributed by atoms with Gasteiger partial charge in [-0.25, -0.2) is 0 Å². The first kappa shape index (κ1) is 44.3. The molecule has 0 spiro atoms. The van der Waals surface area contributed by atoms with Crippen molar-refractivity contribution in [1.82, 2.24) is 0 Å². The van der Waals surface area contributed by atoms with Crippen molar-refractivity contribution in [2.75, 3.05) is 0 Å². The van der Waals surface area contributed by atoms with E-state index in [1.54, 1.807) is 0 Å². The maximum absolute atomic E-state index is 10.1. The molecule has 0 amide bonds. The second-order valence-corrected chi connectivity index (χ2v) is 2.73. The standard InChI is InChI=1S/C6H8O7.3CH2O2.3Na/c7-3(8)1-6(13,5(11)12)2-4(9)10;3*2-1-3;;;/h13H,1-2H2,(H,7,8)(H,9,10)(H,11,12);3*1H,(H,2,3);;;/q;;;;3*+1/p-3. The van der Waals surface area contributed by atoms with E-state index in [9.17, 15) is 29.7 Å². The quantitative estimate of drug-likeness (QED) is 0.249. The first-order valence-electron chi connectivity index (χ1n) is 4.59. The second-order valence-electron chi connectivity index (χ2n) is 2.73. The number of carbonyl (C=O) groups excluding carboxylic acids is 3. The van der Waals surface area contributed by atoms with Gasteiger partial charge in [-0.2, -0.15) is 0 Å². The Bertz CT molecular complexity index is 343. The molecule has 13 nitrogen and oxygen atoms in total. The predicted molar refractivity (Wildman–Crippen MR) is 55.3 cm³/mol. The first-order valence-corrected chi connectivity index (χ1v) is 4.59. The third-order valence-electron chi connectivity index (χ3n) is 1.25. The van der Waals surface area contributed by atoms with E-state index in [1.165, 1.54) is 0 Å². The van der Waals surface area contributed by atoms with Gasteiger partial charge >= 0.3 is 88.7 Å². The van der Waals surface area contributed by atoms with Crippen LogP contribution in [-0.2, 0) is 28.8 Å². The van der Waals surface area contributed by atoms with Crippen LogP contribution < -0.4 is 104 Å². The van der Waals surface area contributed by atoms with Crippen molar-refractivity contribution in [2.24, 2.45) is 0 Å². The fourth-order valence-corrected chi connectivity index (χ4v) is 0.684. The summed E-state index contributed by atoms with van der Waals surface area (Å²) in [5.41, 5.74) is -2.97. The van der Waals surface area contributed by atoms with Crippen molar-refractivity contribution >= 4 is 37.3 Å². The van der Waals surface area contributed by atoms with Crippen LogP contribution in [-0.4, -0.2) is 63.4 Å². The summed E-state index contributed by atoms with van der Waals surface area (Å²) < 4.78 is 0. The van der Waals surface area contributed by atoms with E-state index in [0.29, 0.717) is 0 Å². The van der Waals surface area contributed by atoms with Gasteiger partial charge < -0.3 is 50.1 Å². The van der Waals surface area contributed by atoms with Crippen molar-refractivity contribution in [2.45, 2.75) is 18.4 Å². The molecule has 0 aliphatic rings. The molecule has 0 aliphatic carbocycles. The Kier molecular flexibility index (Phi) is 55.9. The van der Waals surface area contributed by atoms with Crippen LogP contribution >= 0.6 is 0 Å². The van der Waals surface area contributed by atoms with Crippen LogP contribution in [0.5, 0.6) is 0 Å². The summed E-state index contributed by atoms with van der Waals surface area (Å²) in [4.78, 5) is 55.1. The van der Waals surface area contributed by atoms with Gasteiger partial charge in [0.15, 0.2) is 0 Å². The Morgan fingerprint density at radius 1 is 0.720 bits per heavy atom. The van der Waals surface area contributed by atoms with Gasteiger partial charge in [0.2, 0.25) is 0 Å². The van der Waals surface area contributed by atoms with E-state index in [1.807, 2.05) is 0 Å². The molecule has 0 aliphatic heterocycles. The zero-order chi connectivity index (χ0) is 18.8. The van der Waals surface area contributed by atoms with Crippen molar-refractivity contribution in [3.8, 4) is 0 Å². The summed E-state index contributed by atoms with van der Waals surface area (Å²) in [6, 6.07) is 0. The number of carboxylic acids is 3. The van der Waals surface area contributed by atoms with Gasteiger partial charge in [-0.15, -0.1) is 0 Å². The Balaban J connectivity index is -0.0000000458. The Morgan fingerprint density at radius 2 is 0.880 bits per heavy atom. The molecule has 0 rings (SSSR count). The molecule has 4 N–H and O–H groups in total. The molecule has 0 saturated carbocycles. The maximum atomic E-state index is 10.1. The third-order valence-corrected chi connectivity index (χ3v) is 1.25. The molecule has 0 heterocycles. The van der Waals surface area contributed by atoms with E-state index in [-0.39, 0.29) is 108 Å². The van der Waals surface area contributed by atoms with Crippen LogP contribution in [0.3, 0.4) is 0 Å². The monoisotopic (exact) mass is 396 g/mol. The van der Waals surface area contributed by atoms with Crippen LogP contribution in [0.4, 0.5) is 0 Å². The minimum absolute atomic E-state index is 0. The number of aliphatic carboxylic acids is 3. The number of hydrogen-bond donors (Lipinski definition) is 4. The molecule has 0 aromatic heterocycles. The van der Waals surface area contributed by atoms with Crippen molar-refractivity contribution < 1.29 is 153 Å². The van der Waals surface area contributed by atoms with E-state index < -0.39 is 36.4 Å². The van der Waals surface area contributed by atoms with Crippen LogP contribution in [0.25, 0.3) is 0 Å². The molecular formula is C9H11Na3O13. The molecule has 128 valence electrons. The first-order chi connectivity index (χ1) is 10.0. The van der Waals surface area contributed by atoms with Crippen LogP contribution in [0.15, 0.2) is 0 Å². The molecule has 0 unspecified atom stereocenters. The largest absolute Gasteiger partial charge is 1.00 e. The maximum Gasteiger partial charge on any atom is 1.00 e. The molecular weight excluding hydrogens is 385 g/mol. The smallest absolute Gasteiger partial charge is 0.550 e. The SMILES string of the molecule is O=C([O-])CC(O)(CC(=O)[O-])C(=O)[O-].O=CO.O=CO.O=CO.[Na+].[Na+].[Na+]. The number of hydrogen-bond acceptors (Lipinski definition) is 10. The Morgan fingerprint density at radius 3 is 0.960 bits per heavy atom. The van der Waals surface area contributed by atoms with Gasteiger partial charge in [0.1, 0.15) is 5.60 Å². The fraction of sp³-hybridized carbons (Fsp3) is 0.333. The van der Waals surface area contributed by atoms with E-state index in [0.717, 1.165) is 0 Å². The zero-order valence-electron chi connectivity index (χ0n) is 13.6. The summed E-state index contributed by atoms with van der Waals surface area (Å²) in [6.07, 6.45) is -2.72. The van der Waals surface area contributed by atoms with Gasteiger partial charge in [-0.1, -0.05) is 0 Å². The summed E-state index contributed by atoms with van der Waals surface area (Å²) >= 11 is 0. The van der Waals surface area contributed by atoms with E-state index in [4.69, 9.17) is 34.8 Å². The normalized spacial score (nSPS) is 7.08. The van der Waals surface area contributed by atoms with Gasteiger partial charge in [-0.3, -0.25) is 14.4 Å². The van der Waals surface area contributed by atoms with E-state index in [2.05, 4.69) is 0 Å². The van der Waals surface area contributed by atoms with Crippen LogP contribution in [0, 0.1) is 0 Å². The summed E-state index contributed by atoms with van der Waals surface area (Å²) in [5.74, 6) is -5.98. The minimum Gasteiger partial charge on any atom is -0.550 e. The minimum atomic E-state index is -2.97. The molecule has 0 fully saturated rings. The predicted octanol–water partition coefficient (Wildman–Crippen LogP) is -15.1.